The minimum atomic E-state index is -0.227. The van der Waals surface area contributed by atoms with Crippen LogP contribution in [-0.2, 0) is 13.6 Å². The molecular formula is C26H34N6O3. The van der Waals surface area contributed by atoms with E-state index in [1.54, 1.807) is 25.3 Å². The molecule has 0 radical (unpaired) electrons. The van der Waals surface area contributed by atoms with Crippen LogP contribution in [0.2, 0.25) is 0 Å². The molecule has 35 heavy (non-hydrogen) atoms. The fourth-order valence-corrected chi connectivity index (χ4v) is 4.26. The van der Waals surface area contributed by atoms with Gasteiger partial charge in [0.25, 0.3) is 5.56 Å². The Balaban J connectivity index is 1.77. The summed E-state index contributed by atoms with van der Waals surface area (Å²) in [5.74, 6) is 1.93. The molecule has 0 aliphatic carbocycles. The van der Waals surface area contributed by atoms with Crippen LogP contribution in [0.4, 0.5) is 5.95 Å². The molecule has 1 fully saturated rings. The van der Waals surface area contributed by atoms with E-state index in [9.17, 15) is 4.79 Å². The average Bonchev–Trinajstić information content (AvgIpc) is 3.19. The van der Waals surface area contributed by atoms with E-state index < -0.39 is 0 Å². The lowest BCUT2D eigenvalue weighted by Gasteiger charge is -2.31. The molecule has 0 bridgehead atoms. The van der Waals surface area contributed by atoms with Crippen molar-refractivity contribution in [1.82, 2.24) is 19.1 Å². The first-order valence-electron chi connectivity index (χ1n) is 12.1. The molecule has 2 N–H and O–H groups in total. The Hall–Kier alpha value is -3.59. The van der Waals surface area contributed by atoms with E-state index in [1.165, 1.54) is 4.57 Å². The number of imidazole rings is 1. The van der Waals surface area contributed by atoms with Gasteiger partial charge >= 0.3 is 6.01 Å². The third kappa shape index (κ3) is 5.40. The Labute approximate surface area is 205 Å². The van der Waals surface area contributed by atoms with Gasteiger partial charge in [-0.2, -0.15) is 9.97 Å². The van der Waals surface area contributed by atoms with Crippen LogP contribution in [0.1, 0.15) is 33.1 Å². The van der Waals surface area contributed by atoms with Gasteiger partial charge in [0.1, 0.15) is 11.5 Å². The average molecular weight is 479 g/mol. The molecule has 0 saturated carbocycles. The van der Waals surface area contributed by atoms with Crippen molar-refractivity contribution >= 4 is 17.1 Å². The van der Waals surface area contributed by atoms with Crippen molar-refractivity contribution < 1.29 is 9.47 Å². The van der Waals surface area contributed by atoms with Gasteiger partial charge in [-0.15, -0.1) is 0 Å². The zero-order valence-electron chi connectivity index (χ0n) is 20.7. The summed E-state index contributed by atoms with van der Waals surface area (Å²) >= 11 is 0. The molecule has 3 heterocycles. The lowest BCUT2D eigenvalue weighted by molar-refractivity contribution is 0.315. The van der Waals surface area contributed by atoms with E-state index >= 15 is 0 Å². The molecule has 2 aromatic heterocycles. The van der Waals surface area contributed by atoms with Gasteiger partial charge in [0.2, 0.25) is 5.95 Å². The van der Waals surface area contributed by atoms with Gasteiger partial charge in [-0.05, 0) is 38.3 Å². The van der Waals surface area contributed by atoms with E-state index in [-0.39, 0.29) is 17.6 Å². The van der Waals surface area contributed by atoms with Gasteiger partial charge in [-0.3, -0.25) is 13.9 Å². The third-order valence-electron chi connectivity index (χ3n) is 5.96. The zero-order chi connectivity index (χ0) is 24.9. The van der Waals surface area contributed by atoms with Crippen LogP contribution in [0.15, 0.2) is 53.4 Å². The molecule has 1 aliphatic heterocycles. The van der Waals surface area contributed by atoms with Crippen molar-refractivity contribution in [3.63, 3.8) is 0 Å². The maximum Gasteiger partial charge on any atom is 0.306 e. The van der Waals surface area contributed by atoms with Gasteiger partial charge in [-0.1, -0.05) is 37.3 Å². The number of nitrogens with two attached hydrogens (primary N) is 1. The number of hydrogen-bond donors (Lipinski definition) is 1. The summed E-state index contributed by atoms with van der Waals surface area (Å²) in [6.07, 6.45) is 6.53. The number of ether oxygens (including phenoxy) is 2. The van der Waals surface area contributed by atoms with E-state index in [0.29, 0.717) is 48.3 Å². The number of allylic oxidation sites excluding steroid dienone is 3. The highest BCUT2D eigenvalue weighted by molar-refractivity contribution is 5.75. The van der Waals surface area contributed by atoms with Gasteiger partial charge in [0.15, 0.2) is 11.2 Å². The highest BCUT2D eigenvalue weighted by atomic mass is 16.5. The van der Waals surface area contributed by atoms with Crippen LogP contribution < -0.4 is 25.7 Å². The molecule has 9 heteroatoms. The second-order valence-electron chi connectivity index (χ2n) is 8.95. The molecule has 1 atom stereocenters. The highest BCUT2D eigenvalue weighted by Gasteiger charge is 2.26. The lowest BCUT2D eigenvalue weighted by Crippen LogP contribution is -2.44. The van der Waals surface area contributed by atoms with Gasteiger partial charge in [0.05, 0.1) is 6.61 Å². The predicted octanol–water partition coefficient (Wildman–Crippen LogP) is 3.77. The molecule has 0 spiro atoms. The van der Waals surface area contributed by atoms with Crippen molar-refractivity contribution in [2.24, 2.45) is 12.8 Å². The van der Waals surface area contributed by atoms with Crippen molar-refractivity contribution in [1.29, 1.82) is 0 Å². The van der Waals surface area contributed by atoms with Crippen molar-refractivity contribution in [3.05, 3.63) is 58.9 Å². The van der Waals surface area contributed by atoms with Gasteiger partial charge < -0.3 is 20.1 Å². The quantitative estimate of drug-likeness (QED) is 0.467. The Morgan fingerprint density at radius 1 is 1.31 bits per heavy atom. The number of fused-ring (bicyclic) bond motifs is 1. The minimum absolute atomic E-state index is 0.0683. The minimum Gasteiger partial charge on any atom is -0.493 e. The summed E-state index contributed by atoms with van der Waals surface area (Å²) in [4.78, 5) is 25.1. The van der Waals surface area contributed by atoms with Crippen LogP contribution in [-0.4, -0.2) is 44.8 Å². The van der Waals surface area contributed by atoms with Crippen LogP contribution >= 0.6 is 0 Å². The summed E-state index contributed by atoms with van der Waals surface area (Å²) in [6, 6.07) is 7.54. The zero-order valence-corrected chi connectivity index (χ0v) is 20.7. The van der Waals surface area contributed by atoms with Crippen LogP contribution in [0.5, 0.6) is 17.5 Å². The second-order valence-corrected chi connectivity index (χ2v) is 8.95. The molecule has 3 aromatic rings. The summed E-state index contributed by atoms with van der Waals surface area (Å²) in [5.41, 5.74) is 7.85. The fourth-order valence-electron chi connectivity index (χ4n) is 4.26. The number of benzene rings is 1. The standard InChI is InChI=1S/C26H34N6O3/c1-5-9-18(3)16-32-22-23(28-25(32)31-13-8-10-19(27)17-31)29-26(30(4)24(22)33)35-21-12-7-11-20(15-21)34-14-6-2/h5,7,9,11-12,15,19H,1,6,8,10,13-14,16-17,27H2,2-4H3/b18-9+. The van der Waals surface area contributed by atoms with Crippen molar-refractivity contribution in [2.75, 3.05) is 24.6 Å². The SMILES string of the molecule is C=C/C=C(\C)Cn1c(N2CCCC(N)C2)nc2nc(Oc3cccc(OCCC)c3)n(C)c(=O)c21. The Bertz CT molecular complexity index is 1290. The number of anilines is 1. The number of hydrogen-bond acceptors (Lipinski definition) is 7. The summed E-state index contributed by atoms with van der Waals surface area (Å²) in [5, 5.41) is 0. The van der Waals surface area contributed by atoms with Crippen LogP contribution in [0.25, 0.3) is 11.2 Å². The molecule has 1 saturated heterocycles. The van der Waals surface area contributed by atoms with Crippen LogP contribution in [0, 0.1) is 0 Å². The third-order valence-corrected chi connectivity index (χ3v) is 5.96. The molecule has 1 unspecified atom stereocenters. The number of nitrogens with zero attached hydrogens (tertiary/aromatic N) is 5. The maximum atomic E-state index is 13.5. The van der Waals surface area contributed by atoms with E-state index in [1.807, 2.05) is 29.7 Å². The topological polar surface area (TPSA) is 100 Å². The molecule has 186 valence electrons. The predicted molar refractivity (Wildman–Crippen MR) is 138 cm³/mol. The molecule has 1 aliphatic rings. The molecule has 4 rings (SSSR count). The van der Waals surface area contributed by atoms with E-state index in [0.717, 1.165) is 31.4 Å². The molecule has 1 aromatic carbocycles. The number of aromatic nitrogens is 4. The highest BCUT2D eigenvalue weighted by Crippen LogP contribution is 2.27. The Morgan fingerprint density at radius 2 is 2.11 bits per heavy atom. The number of piperidine rings is 1. The molecule has 9 nitrogen and oxygen atoms in total. The van der Waals surface area contributed by atoms with E-state index in [2.05, 4.69) is 23.4 Å². The second kappa shape index (κ2) is 10.8. The Kier molecular flexibility index (Phi) is 7.55. The van der Waals surface area contributed by atoms with Crippen LogP contribution in [0.3, 0.4) is 0 Å². The smallest absolute Gasteiger partial charge is 0.306 e. The van der Waals surface area contributed by atoms with Gasteiger partial charge in [-0.25, -0.2) is 0 Å². The Morgan fingerprint density at radius 3 is 2.86 bits per heavy atom. The first-order chi connectivity index (χ1) is 16.9. The summed E-state index contributed by atoms with van der Waals surface area (Å²) in [7, 11) is 1.65. The van der Waals surface area contributed by atoms with Crippen molar-refractivity contribution in [2.45, 2.75) is 45.7 Å². The molecule has 0 amide bonds. The lowest BCUT2D eigenvalue weighted by atomic mass is 10.1. The van der Waals surface area contributed by atoms with Crippen molar-refractivity contribution in [3.8, 4) is 17.5 Å². The van der Waals surface area contributed by atoms with E-state index in [4.69, 9.17) is 20.2 Å². The largest absolute Gasteiger partial charge is 0.493 e. The van der Waals surface area contributed by atoms with Gasteiger partial charge in [0, 0.05) is 38.8 Å². The number of rotatable bonds is 9. The summed E-state index contributed by atoms with van der Waals surface area (Å²) < 4.78 is 15.1. The molecular weight excluding hydrogens is 444 g/mol. The first kappa shape index (κ1) is 24.5. The normalized spacial score (nSPS) is 16.5. The fraction of sp³-hybridized carbons (Fsp3) is 0.423. The maximum absolute atomic E-state index is 13.5. The summed E-state index contributed by atoms with van der Waals surface area (Å²) in [6.45, 7) is 10.5. The first-order valence-corrected chi connectivity index (χ1v) is 12.1. The monoisotopic (exact) mass is 478 g/mol.